The third kappa shape index (κ3) is 3.77. The van der Waals surface area contributed by atoms with Gasteiger partial charge < -0.3 is 5.11 Å². The van der Waals surface area contributed by atoms with Gasteiger partial charge in [-0.15, -0.1) is 0 Å². The number of aromatic nitrogens is 2. The Bertz CT molecular complexity index is 531. The van der Waals surface area contributed by atoms with E-state index in [4.69, 9.17) is 5.11 Å². The van der Waals surface area contributed by atoms with Gasteiger partial charge in [-0.2, -0.15) is 9.82 Å². The van der Waals surface area contributed by atoms with Crippen LogP contribution in [-0.4, -0.2) is 35.3 Å². The molecule has 1 aromatic heterocycles. The molecule has 1 atom stereocenters. The molecule has 0 aromatic carbocycles. The number of sulfonamides is 1. The lowest BCUT2D eigenvalue weighted by Crippen LogP contribution is -2.41. The van der Waals surface area contributed by atoms with E-state index in [-0.39, 0.29) is 11.4 Å². The van der Waals surface area contributed by atoms with Gasteiger partial charge >= 0.3 is 5.97 Å². The van der Waals surface area contributed by atoms with Gasteiger partial charge in [0.2, 0.25) is 0 Å². The lowest BCUT2D eigenvalue weighted by Gasteiger charge is -2.14. The highest BCUT2D eigenvalue weighted by Crippen LogP contribution is 2.14. The van der Waals surface area contributed by atoms with Crippen molar-refractivity contribution in [3.05, 3.63) is 11.8 Å². The summed E-state index contributed by atoms with van der Waals surface area (Å²) < 4.78 is 27.8. The van der Waals surface area contributed by atoms with E-state index >= 15 is 0 Å². The van der Waals surface area contributed by atoms with E-state index in [0.29, 0.717) is 12.0 Å². The van der Waals surface area contributed by atoms with Crippen molar-refractivity contribution in [2.45, 2.75) is 44.2 Å². The first-order valence-electron chi connectivity index (χ1n) is 6.03. The molecule has 2 N–H and O–H groups in total. The monoisotopic (exact) mass is 289 g/mol. The number of hydrogen-bond donors (Lipinski definition) is 2. The average molecular weight is 289 g/mol. The van der Waals surface area contributed by atoms with Gasteiger partial charge in [0, 0.05) is 12.6 Å². The van der Waals surface area contributed by atoms with Gasteiger partial charge in [0.1, 0.15) is 6.04 Å². The van der Waals surface area contributed by atoms with Crippen molar-refractivity contribution in [1.82, 2.24) is 14.5 Å². The molecule has 0 aliphatic carbocycles. The van der Waals surface area contributed by atoms with Crippen LogP contribution in [0, 0.1) is 6.92 Å². The van der Waals surface area contributed by atoms with Crippen molar-refractivity contribution >= 4 is 16.0 Å². The smallest absolute Gasteiger partial charge is 0.321 e. The van der Waals surface area contributed by atoms with Crippen LogP contribution in [0.15, 0.2) is 11.2 Å². The Morgan fingerprint density at radius 2 is 2.21 bits per heavy atom. The van der Waals surface area contributed by atoms with Gasteiger partial charge in [0.25, 0.3) is 10.0 Å². The zero-order chi connectivity index (χ0) is 14.6. The lowest BCUT2D eigenvalue weighted by atomic mass is 10.1. The second kappa shape index (κ2) is 6.16. The minimum atomic E-state index is -3.88. The number of nitrogens with zero attached hydrogens (tertiary/aromatic N) is 2. The van der Waals surface area contributed by atoms with Crippen LogP contribution in [0.5, 0.6) is 0 Å². The molecule has 0 aliphatic heterocycles. The maximum absolute atomic E-state index is 12.2. The summed E-state index contributed by atoms with van der Waals surface area (Å²) in [6, 6.07) is -1.11. The normalized spacial score (nSPS) is 13.4. The zero-order valence-corrected chi connectivity index (χ0v) is 12.1. The summed E-state index contributed by atoms with van der Waals surface area (Å²) in [6.45, 7) is 3.53. The first-order chi connectivity index (χ1) is 8.79. The van der Waals surface area contributed by atoms with Crippen LogP contribution < -0.4 is 4.72 Å². The number of carboxylic acid groups (broad SMARTS) is 1. The summed E-state index contributed by atoms with van der Waals surface area (Å²) in [5.74, 6) is -1.17. The Kier molecular flexibility index (Phi) is 5.07. The lowest BCUT2D eigenvalue weighted by molar-refractivity contribution is -0.139. The van der Waals surface area contributed by atoms with Crippen molar-refractivity contribution in [2.75, 3.05) is 0 Å². The van der Waals surface area contributed by atoms with E-state index in [2.05, 4.69) is 9.82 Å². The molecule has 1 aromatic rings. The Labute approximate surface area is 112 Å². The van der Waals surface area contributed by atoms with Crippen LogP contribution in [0.3, 0.4) is 0 Å². The fourth-order valence-electron chi connectivity index (χ4n) is 1.81. The van der Waals surface area contributed by atoms with Gasteiger partial charge in [-0.05, 0) is 13.3 Å². The van der Waals surface area contributed by atoms with Gasteiger partial charge in [-0.25, -0.2) is 8.42 Å². The molecular formula is C11H19N3O4S. The molecule has 0 radical (unpaired) electrons. The molecule has 0 aliphatic rings. The molecule has 0 amide bonds. The van der Waals surface area contributed by atoms with Crippen molar-refractivity contribution in [2.24, 2.45) is 7.05 Å². The summed E-state index contributed by atoms with van der Waals surface area (Å²) in [7, 11) is -2.38. The van der Waals surface area contributed by atoms with Gasteiger partial charge in [0.05, 0.1) is 6.20 Å². The maximum Gasteiger partial charge on any atom is 0.321 e. The first-order valence-corrected chi connectivity index (χ1v) is 7.51. The van der Waals surface area contributed by atoms with Gasteiger partial charge in [0.15, 0.2) is 5.03 Å². The second-order valence-corrected chi connectivity index (χ2v) is 6.04. The molecule has 1 heterocycles. The number of carbonyl (C=O) groups is 1. The minimum Gasteiger partial charge on any atom is -0.480 e. The molecule has 0 spiro atoms. The highest BCUT2D eigenvalue weighted by Gasteiger charge is 2.28. The molecular weight excluding hydrogens is 270 g/mol. The maximum atomic E-state index is 12.2. The predicted molar refractivity (Wildman–Crippen MR) is 69.2 cm³/mol. The number of aryl methyl sites for hydroxylation is 2. The molecule has 7 nitrogen and oxygen atoms in total. The van der Waals surface area contributed by atoms with E-state index in [1.165, 1.54) is 17.9 Å². The molecule has 1 rings (SSSR count). The standard InChI is InChI=1S/C11H19N3O4S/c1-4-5-6-9(11(15)16)13-19(17,18)10-8(2)7-12-14(10)3/h7,9,13H,4-6H2,1-3H3,(H,15,16)/t9-/m0/s1. The van der Waals surface area contributed by atoms with E-state index in [9.17, 15) is 13.2 Å². The number of rotatable bonds is 7. The van der Waals surface area contributed by atoms with Gasteiger partial charge in [-0.3, -0.25) is 9.48 Å². The highest BCUT2D eigenvalue weighted by atomic mass is 32.2. The number of aliphatic carboxylic acids is 1. The summed E-state index contributed by atoms with van der Waals surface area (Å²) in [5.41, 5.74) is 0.481. The van der Waals surface area contributed by atoms with E-state index in [1.54, 1.807) is 6.92 Å². The summed E-state index contributed by atoms with van der Waals surface area (Å²) in [4.78, 5) is 11.1. The molecule has 0 bridgehead atoms. The number of unbranched alkanes of at least 4 members (excludes halogenated alkanes) is 1. The molecule has 0 saturated heterocycles. The largest absolute Gasteiger partial charge is 0.480 e. The van der Waals surface area contributed by atoms with Crippen LogP contribution in [0.1, 0.15) is 31.7 Å². The third-order valence-corrected chi connectivity index (χ3v) is 4.44. The van der Waals surface area contributed by atoms with Crippen LogP contribution >= 0.6 is 0 Å². The van der Waals surface area contributed by atoms with E-state index < -0.39 is 22.0 Å². The average Bonchev–Trinajstić information content (AvgIpc) is 2.64. The summed E-state index contributed by atoms with van der Waals surface area (Å²) >= 11 is 0. The number of hydrogen-bond acceptors (Lipinski definition) is 4. The van der Waals surface area contributed by atoms with Crippen molar-refractivity contribution < 1.29 is 18.3 Å². The topological polar surface area (TPSA) is 101 Å². The highest BCUT2D eigenvalue weighted by molar-refractivity contribution is 7.89. The van der Waals surface area contributed by atoms with Crippen LogP contribution in [0.2, 0.25) is 0 Å². The molecule has 19 heavy (non-hydrogen) atoms. The molecule has 0 saturated carbocycles. The molecule has 0 unspecified atom stereocenters. The summed E-state index contributed by atoms with van der Waals surface area (Å²) in [6.07, 6.45) is 3.14. The summed E-state index contributed by atoms with van der Waals surface area (Å²) in [5, 5.41) is 12.9. The first kappa shape index (κ1) is 15.6. The second-order valence-electron chi connectivity index (χ2n) is 4.41. The van der Waals surface area contributed by atoms with Crippen molar-refractivity contribution in [3.63, 3.8) is 0 Å². The van der Waals surface area contributed by atoms with Crippen molar-refractivity contribution in [1.29, 1.82) is 0 Å². The van der Waals surface area contributed by atoms with Crippen LogP contribution in [-0.2, 0) is 21.9 Å². The van der Waals surface area contributed by atoms with Gasteiger partial charge in [-0.1, -0.05) is 19.8 Å². The Balaban J connectivity index is 2.98. The number of carboxylic acids is 1. The third-order valence-electron chi connectivity index (χ3n) is 2.75. The fraction of sp³-hybridized carbons (Fsp3) is 0.636. The Morgan fingerprint density at radius 1 is 1.58 bits per heavy atom. The molecule has 8 heteroatoms. The SMILES string of the molecule is CCCC[C@H](NS(=O)(=O)c1c(C)cnn1C)C(=O)O. The quantitative estimate of drug-likeness (QED) is 0.767. The Hall–Kier alpha value is -1.41. The zero-order valence-electron chi connectivity index (χ0n) is 11.3. The predicted octanol–water partition coefficient (Wildman–Crippen LogP) is 0.650. The van der Waals surface area contributed by atoms with E-state index in [0.717, 1.165) is 6.42 Å². The van der Waals surface area contributed by atoms with Crippen LogP contribution in [0.4, 0.5) is 0 Å². The Morgan fingerprint density at radius 3 is 2.63 bits per heavy atom. The number of nitrogens with one attached hydrogen (secondary N) is 1. The van der Waals surface area contributed by atoms with Crippen molar-refractivity contribution in [3.8, 4) is 0 Å². The molecule has 0 fully saturated rings. The van der Waals surface area contributed by atoms with Crippen LogP contribution in [0.25, 0.3) is 0 Å². The minimum absolute atomic E-state index is 0.00440. The molecule has 108 valence electrons. The fourth-order valence-corrected chi connectivity index (χ4v) is 3.38. The van der Waals surface area contributed by atoms with E-state index in [1.807, 2.05) is 6.92 Å².